The van der Waals surface area contributed by atoms with Crippen LogP contribution in [0, 0.1) is 5.41 Å². The molecule has 4 nitrogen and oxygen atoms in total. The van der Waals surface area contributed by atoms with Gasteiger partial charge in [-0.25, -0.2) is 0 Å². The molecule has 0 aromatic heterocycles. The van der Waals surface area contributed by atoms with Crippen molar-refractivity contribution in [2.24, 2.45) is 5.41 Å². The molecule has 1 heterocycles. The van der Waals surface area contributed by atoms with Crippen molar-refractivity contribution in [2.75, 3.05) is 20.8 Å². The highest BCUT2D eigenvalue weighted by Gasteiger charge is 2.34. The minimum absolute atomic E-state index is 0.0558. The number of benzene rings is 1. The quantitative estimate of drug-likeness (QED) is 0.840. The maximum absolute atomic E-state index is 12.6. The summed E-state index contributed by atoms with van der Waals surface area (Å²) in [6.45, 7) is 8.72. The van der Waals surface area contributed by atoms with Crippen LogP contribution in [-0.2, 0) is 11.2 Å². The number of carbonyl (C=O) groups excluding carboxylic acids is 1. The summed E-state index contributed by atoms with van der Waals surface area (Å²) >= 11 is 0. The normalized spacial score (nSPS) is 18.2. The molecule has 21 heavy (non-hydrogen) atoms. The van der Waals surface area contributed by atoms with E-state index < -0.39 is 0 Å². The van der Waals surface area contributed by atoms with Crippen LogP contribution in [0.4, 0.5) is 0 Å². The highest BCUT2D eigenvalue weighted by atomic mass is 16.5. The van der Waals surface area contributed by atoms with Gasteiger partial charge in [-0.1, -0.05) is 20.8 Å². The molecule has 0 saturated carbocycles. The Bertz CT molecular complexity index is 546. The van der Waals surface area contributed by atoms with Crippen LogP contribution in [0.25, 0.3) is 0 Å². The highest BCUT2D eigenvalue weighted by molar-refractivity contribution is 5.82. The van der Waals surface area contributed by atoms with E-state index in [1.807, 2.05) is 37.8 Å². The molecule has 0 spiro atoms. The van der Waals surface area contributed by atoms with Gasteiger partial charge in [0.1, 0.15) is 0 Å². The van der Waals surface area contributed by atoms with E-state index in [0.29, 0.717) is 5.75 Å². The van der Waals surface area contributed by atoms with Gasteiger partial charge in [-0.05, 0) is 36.6 Å². The molecular formula is C17H25NO3. The molecular weight excluding hydrogens is 266 g/mol. The predicted molar refractivity (Wildman–Crippen MR) is 82.8 cm³/mol. The topological polar surface area (TPSA) is 38.8 Å². The number of carbonyl (C=O) groups is 1. The molecule has 1 atom stereocenters. The van der Waals surface area contributed by atoms with Crippen molar-refractivity contribution in [1.29, 1.82) is 0 Å². The fraction of sp³-hybridized carbons (Fsp3) is 0.588. The van der Waals surface area contributed by atoms with Crippen LogP contribution in [0.1, 0.15) is 44.9 Å². The average molecular weight is 291 g/mol. The van der Waals surface area contributed by atoms with E-state index in [9.17, 15) is 4.79 Å². The molecule has 0 N–H and O–H groups in total. The summed E-state index contributed by atoms with van der Waals surface area (Å²) in [6.07, 6.45) is 0.849. The Kier molecular flexibility index (Phi) is 4.17. The first-order valence-electron chi connectivity index (χ1n) is 7.35. The number of fused-ring (bicyclic) bond motifs is 1. The SMILES string of the molecule is COc1cc2c(cc1OC)C(C)N(C(=O)C(C)(C)C)CC2. The van der Waals surface area contributed by atoms with Crippen LogP contribution >= 0.6 is 0 Å². The van der Waals surface area contributed by atoms with E-state index >= 15 is 0 Å². The lowest BCUT2D eigenvalue weighted by molar-refractivity contribution is -0.142. The molecule has 1 unspecified atom stereocenters. The monoisotopic (exact) mass is 291 g/mol. The molecule has 0 aliphatic carbocycles. The lowest BCUT2D eigenvalue weighted by atomic mass is 9.88. The molecule has 4 heteroatoms. The third-order valence-corrected chi connectivity index (χ3v) is 4.09. The minimum Gasteiger partial charge on any atom is -0.493 e. The van der Waals surface area contributed by atoms with Gasteiger partial charge in [-0.15, -0.1) is 0 Å². The first kappa shape index (κ1) is 15.7. The Morgan fingerprint density at radius 3 is 2.29 bits per heavy atom. The van der Waals surface area contributed by atoms with E-state index in [2.05, 4.69) is 6.92 Å². The minimum atomic E-state index is -0.359. The Labute approximate surface area is 127 Å². The lowest BCUT2D eigenvalue weighted by Gasteiger charge is -2.39. The highest BCUT2D eigenvalue weighted by Crippen LogP contribution is 2.39. The number of methoxy groups -OCH3 is 2. The standard InChI is InChI=1S/C17H25NO3/c1-11-13-10-15(21-6)14(20-5)9-12(13)7-8-18(11)16(19)17(2,3)4/h9-11H,7-8H2,1-6H3. The van der Waals surface area contributed by atoms with Gasteiger partial charge in [0.15, 0.2) is 11.5 Å². The second-order valence-electron chi connectivity index (χ2n) is 6.58. The number of rotatable bonds is 2. The van der Waals surface area contributed by atoms with Gasteiger partial charge in [-0.3, -0.25) is 4.79 Å². The van der Waals surface area contributed by atoms with E-state index in [1.54, 1.807) is 14.2 Å². The van der Waals surface area contributed by atoms with E-state index in [-0.39, 0.29) is 17.4 Å². The first-order valence-corrected chi connectivity index (χ1v) is 7.35. The Morgan fingerprint density at radius 1 is 1.19 bits per heavy atom. The van der Waals surface area contributed by atoms with Crippen LogP contribution in [-0.4, -0.2) is 31.6 Å². The zero-order valence-electron chi connectivity index (χ0n) is 13.8. The molecule has 0 fully saturated rings. The average Bonchev–Trinajstić information content (AvgIpc) is 2.44. The maximum atomic E-state index is 12.6. The van der Waals surface area contributed by atoms with Gasteiger partial charge >= 0.3 is 0 Å². The molecule has 0 radical (unpaired) electrons. The second-order valence-corrected chi connectivity index (χ2v) is 6.58. The fourth-order valence-electron chi connectivity index (χ4n) is 2.85. The smallest absolute Gasteiger partial charge is 0.228 e. The van der Waals surface area contributed by atoms with Crippen LogP contribution in [0.5, 0.6) is 11.5 Å². The fourth-order valence-corrected chi connectivity index (χ4v) is 2.85. The van der Waals surface area contributed by atoms with Crippen molar-refractivity contribution in [3.8, 4) is 11.5 Å². The second kappa shape index (κ2) is 5.58. The van der Waals surface area contributed by atoms with Crippen molar-refractivity contribution >= 4 is 5.91 Å². The summed E-state index contributed by atoms with van der Waals surface area (Å²) in [5, 5.41) is 0. The van der Waals surface area contributed by atoms with Crippen LogP contribution in [0.2, 0.25) is 0 Å². The Morgan fingerprint density at radius 2 is 1.76 bits per heavy atom. The zero-order chi connectivity index (χ0) is 15.8. The van der Waals surface area contributed by atoms with E-state index in [1.165, 1.54) is 5.56 Å². The molecule has 1 aromatic carbocycles. The van der Waals surface area contributed by atoms with Crippen molar-refractivity contribution in [3.63, 3.8) is 0 Å². The lowest BCUT2D eigenvalue weighted by Crippen LogP contribution is -2.44. The molecule has 116 valence electrons. The molecule has 0 saturated heterocycles. The van der Waals surface area contributed by atoms with E-state index in [4.69, 9.17) is 9.47 Å². The summed E-state index contributed by atoms with van der Waals surface area (Å²) in [5.74, 6) is 1.66. The molecule has 1 aliphatic rings. The summed E-state index contributed by atoms with van der Waals surface area (Å²) < 4.78 is 10.7. The number of nitrogens with zero attached hydrogens (tertiary/aromatic N) is 1. The van der Waals surface area contributed by atoms with Crippen molar-refractivity contribution in [1.82, 2.24) is 4.90 Å². The molecule has 2 rings (SSSR count). The van der Waals surface area contributed by atoms with Gasteiger partial charge in [0.25, 0.3) is 0 Å². The van der Waals surface area contributed by atoms with Gasteiger partial charge in [-0.2, -0.15) is 0 Å². The number of ether oxygens (including phenoxy) is 2. The van der Waals surface area contributed by atoms with Gasteiger partial charge in [0, 0.05) is 12.0 Å². The number of amides is 1. The summed E-state index contributed by atoms with van der Waals surface area (Å²) in [7, 11) is 3.28. The maximum Gasteiger partial charge on any atom is 0.228 e. The predicted octanol–water partition coefficient (Wildman–Crippen LogP) is 3.20. The molecule has 1 amide bonds. The van der Waals surface area contributed by atoms with Gasteiger partial charge < -0.3 is 14.4 Å². The van der Waals surface area contributed by atoms with Crippen LogP contribution in [0.3, 0.4) is 0 Å². The van der Waals surface area contributed by atoms with Gasteiger partial charge in [0.05, 0.1) is 20.3 Å². The van der Waals surface area contributed by atoms with Crippen molar-refractivity contribution in [3.05, 3.63) is 23.3 Å². The van der Waals surface area contributed by atoms with Crippen molar-refractivity contribution in [2.45, 2.75) is 40.2 Å². The first-order chi connectivity index (χ1) is 9.79. The number of hydrogen-bond acceptors (Lipinski definition) is 3. The Balaban J connectivity index is 2.39. The summed E-state index contributed by atoms with van der Waals surface area (Å²) in [5.41, 5.74) is 2.03. The third kappa shape index (κ3) is 2.85. The largest absolute Gasteiger partial charge is 0.493 e. The van der Waals surface area contributed by atoms with Crippen LogP contribution in [0.15, 0.2) is 12.1 Å². The Hall–Kier alpha value is -1.71. The molecule has 1 aliphatic heterocycles. The molecule has 0 bridgehead atoms. The summed E-state index contributed by atoms with van der Waals surface area (Å²) in [4.78, 5) is 14.6. The number of hydrogen-bond donors (Lipinski definition) is 0. The van der Waals surface area contributed by atoms with Crippen molar-refractivity contribution < 1.29 is 14.3 Å². The van der Waals surface area contributed by atoms with E-state index in [0.717, 1.165) is 24.3 Å². The molecule has 1 aromatic rings. The third-order valence-electron chi connectivity index (χ3n) is 4.09. The van der Waals surface area contributed by atoms with Gasteiger partial charge in [0.2, 0.25) is 5.91 Å². The zero-order valence-corrected chi connectivity index (χ0v) is 13.8. The van der Waals surface area contributed by atoms with Crippen LogP contribution < -0.4 is 9.47 Å². The summed E-state index contributed by atoms with van der Waals surface area (Å²) in [6, 6.07) is 4.09.